The van der Waals surface area contributed by atoms with Crippen LogP contribution in [0, 0.1) is 20.8 Å². The Morgan fingerprint density at radius 2 is 1.79 bits per heavy atom. The van der Waals surface area contributed by atoms with Gasteiger partial charge in [-0.25, -0.2) is 4.98 Å². The highest BCUT2D eigenvalue weighted by Crippen LogP contribution is 2.34. The fraction of sp³-hybridized carbons (Fsp3) is 0.227. The third kappa shape index (κ3) is 4.05. The minimum absolute atomic E-state index is 0.124. The van der Waals surface area contributed by atoms with Gasteiger partial charge in [-0.05, 0) is 62.0 Å². The molecule has 1 amide bonds. The maximum Gasteiger partial charge on any atom is 0.251 e. The topological polar surface area (TPSA) is 76.1 Å². The standard InChI is InChI=1S/C22H22N4O2S/c1-13-6-4-7-14(2)18(13)19-15(3)21-25-22(24-19)26-29-17-9-5-8-16(12-17)20(27)23-10-11-28-21/h4-9,12H,10-11H2,1-3H3,(H,23,27)(H,24,25,26). The molecule has 2 aromatic carbocycles. The monoisotopic (exact) mass is 406 g/mol. The van der Waals surface area contributed by atoms with E-state index in [1.54, 1.807) is 6.07 Å². The van der Waals surface area contributed by atoms with Crippen molar-refractivity contribution in [3.05, 3.63) is 64.7 Å². The van der Waals surface area contributed by atoms with Crippen LogP contribution < -0.4 is 14.8 Å². The predicted octanol–water partition coefficient (Wildman–Crippen LogP) is 4.31. The van der Waals surface area contributed by atoms with Gasteiger partial charge in [-0.3, -0.25) is 9.52 Å². The lowest BCUT2D eigenvalue weighted by Gasteiger charge is -2.16. The molecule has 0 radical (unpaired) electrons. The molecule has 7 heteroatoms. The van der Waals surface area contributed by atoms with Gasteiger partial charge in [-0.2, -0.15) is 4.98 Å². The molecule has 0 aliphatic carbocycles. The second-order valence-corrected chi connectivity index (χ2v) is 7.81. The van der Waals surface area contributed by atoms with Crippen LogP contribution in [0.15, 0.2) is 47.4 Å². The molecule has 0 atom stereocenters. The number of aryl methyl sites for hydroxylation is 2. The van der Waals surface area contributed by atoms with Crippen LogP contribution in [-0.2, 0) is 0 Å². The summed E-state index contributed by atoms with van der Waals surface area (Å²) < 4.78 is 9.13. The Hall–Kier alpha value is -3.06. The summed E-state index contributed by atoms with van der Waals surface area (Å²) in [5.74, 6) is 0.860. The molecule has 0 spiro atoms. The average molecular weight is 407 g/mol. The fourth-order valence-corrected chi connectivity index (χ4v) is 3.97. The van der Waals surface area contributed by atoms with Gasteiger partial charge in [-0.1, -0.05) is 24.3 Å². The number of aromatic nitrogens is 2. The summed E-state index contributed by atoms with van der Waals surface area (Å²) >= 11 is 1.36. The summed E-state index contributed by atoms with van der Waals surface area (Å²) in [5.41, 5.74) is 5.71. The van der Waals surface area contributed by atoms with Crippen molar-refractivity contribution in [3.63, 3.8) is 0 Å². The van der Waals surface area contributed by atoms with Gasteiger partial charge in [0.25, 0.3) is 5.91 Å². The third-order valence-corrected chi connectivity index (χ3v) is 5.58. The number of amides is 1. The van der Waals surface area contributed by atoms with Crippen LogP contribution in [0.5, 0.6) is 5.88 Å². The first-order valence-electron chi connectivity index (χ1n) is 9.42. The van der Waals surface area contributed by atoms with Crippen molar-refractivity contribution in [1.82, 2.24) is 15.3 Å². The molecule has 1 aliphatic heterocycles. The first-order valence-corrected chi connectivity index (χ1v) is 10.2. The van der Waals surface area contributed by atoms with Crippen molar-refractivity contribution >= 4 is 23.8 Å². The third-order valence-electron chi connectivity index (χ3n) is 4.80. The van der Waals surface area contributed by atoms with Crippen molar-refractivity contribution in [1.29, 1.82) is 0 Å². The lowest BCUT2D eigenvalue weighted by atomic mass is 9.97. The smallest absolute Gasteiger partial charge is 0.251 e. The summed E-state index contributed by atoms with van der Waals surface area (Å²) in [6, 6.07) is 13.6. The lowest BCUT2D eigenvalue weighted by molar-refractivity contribution is 0.0946. The molecular weight excluding hydrogens is 384 g/mol. The summed E-state index contributed by atoms with van der Waals surface area (Å²) in [7, 11) is 0. The van der Waals surface area contributed by atoms with Gasteiger partial charge in [-0.15, -0.1) is 0 Å². The number of benzene rings is 2. The van der Waals surface area contributed by atoms with Crippen LogP contribution >= 0.6 is 11.9 Å². The molecule has 2 heterocycles. The zero-order valence-corrected chi connectivity index (χ0v) is 17.4. The predicted molar refractivity (Wildman–Crippen MR) is 115 cm³/mol. The van der Waals surface area contributed by atoms with Crippen molar-refractivity contribution in [3.8, 4) is 17.1 Å². The van der Waals surface area contributed by atoms with E-state index in [-0.39, 0.29) is 5.91 Å². The quantitative estimate of drug-likeness (QED) is 0.587. The molecule has 0 unspecified atom stereocenters. The number of anilines is 1. The van der Waals surface area contributed by atoms with E-state index in [2.05, 4.69) is 41.0 Å². The molecule has 4 rings (SSSR count). The Kier molecular flexibility index (Phi) is 5.40. The van der Waals surface area contributed by atoms with E-state index in [1.807, 2.05) is 31.2 Å². The summed E-state index contributed by atoms with van der Waals surface area (Å²) in [6.45, 7) is 6.84. The average Bonchev–Trinajstić information content (AvgIpc) is 2.72. The van der Waals surface area contributed by atoms with Gasteiger partial charge >= 0.3 is 0 Å². The Morgan fingerprint density at radius 1 is 1.03 bits per heavy atom. The number of ether oxygens (including phenoxy) is 1. The Bertz CT molecular complexity index is 1060. The molecule has 29 heavy (non-hydrogen) atoms. The van der Waals surface area contributed by atoms with Crippen LogP contribution in [0.4, 0.5) is 5.95 Å². The van der Waals surface area contributed by atoms with Crippen LogP contribution in [0.25, 0.3) is 11.3 Å². The van der Waals surface area contributed by atoms with Crippen molar-refractivity contribution in [2.45, 2.75) is 25.7 Å². The number of carbonyl (C=O) groups excluding carboxylic acids is 1. The summed E-state index contributed by atoms with van der Waals surface area (Å²) in [5, 5.41) is 2.88. The molecule has 1 aliphatic rings. The van der Waals surface area contributed by atoms with Crippen LogP contribution in [0.3, 0.4) is 0 Å². The minimum Gasteiger partial charge on any atom is -0.475 e. The molecule has 3 aromatic rings. The second-order valence-electron chi connectivity index (χ2n) is 6.93. The van der Waals surface area contributed by atoms with E-state index in [0.29, 0.717) is 30.5 Å². The van der Waals surface area contributed by atoms with Crippen molar-refractivity contribution in [2.75, 3.05) is 17.9 Å². The van der Waals surface area contributed by atoms with Gasteiger partial charge in [0, 0.05) is 21.6 Å². The van der Waals surface area contributed by atoms with E-state index in [9.17, 15) is 4.79 Å². The van der Waals surface area contributed by atoms with E-state index in [1.165, 1.54) is 11.9 Å². The maximum atomic E-state index is 12.3. The van der Waals surface area contributed by atoms with E-state index in [4.69, 9.17) is 9.72 Å². The Labute approximate surface area is 174 Å². The van der Waals surface area contributed by atoms with Gasteiger partial charge in [0.2, 0.25) is 11.8 Å². The molecule has 6 nitrogen and oxygen atoms in total. The number of hydrogen-bond donors (Lipinski definition) is 2. The number of carbonyl (C=O) groups is 1. The van der Waals surface area contributed by atoms with E-state index < -0.39 is 0 Å². The number of rotatable bonds is 1. The van der Waals surface area contributed by atoms with Crippen molar-refractivity contribution < 1.29 is 9.53 Å². The zero-order valence-electron chi connectivity index (χ0n) is 16.6. The first-order chi connectivity index (χ1) is 14.0. The van der Waals surface area contributed by atoms with E-state index >= 15 is 0 Å². The normalized spacial score (nSPS) is 13.8. The van der Waals surface area contributed by atoms with Gasteiger partial charge in [0.15, 0.2) is 0 Å². The minimum atomic E-state index is -0.124. The first kappa shape index (κ1) is 19.3. The fourth-order valence-electron chi connectivity index (χ4n) is 3.33. The summed E-state index contributed by atoms with van der Waals surface area (Å²) in [4.78, 5) is 22.6. The lowest BCUT2D eigenvalue weighted by Crippen LogP contribution is -2.28. The molecule has 1 aromatic heterocycles. The van der Waals surface area contributed by atoms with Crippen LogP contribution in [0.2, 0.25) is 0 Å². The van der Waals surface area contributed by atoms with E-state index in [0.717, 1.165) is 32.8 Å². The largest absolute Gasteiger partial charge is 0.475 e. The SMILES string of the molecule is Cc1cccc(C)c1-c1nc2nc(c1C)OCCNC(=O)c1cccc(c1)SN2. The van der Waals surface area contributed by atoms with Gasteiger partial charge in [0.1, 0.15) is 6.61 Å². The summed E-state index contributed by atoms with van der Waals surface area (Å²) in [6.07, 6.45) is 0. The highest BCUT2D eigenvalue weighted by molar-refractivity contribution is 8.00. The maximum absolute atomic E-state index is 12.3. The second kappa shape index (κ2) is 8.13. The Balaban J connectivity index is 1.79. The number of nitrogens with zero attached hydrogens (tertiary/aromatic N) is 2. The molecule has 4 bridgehead atoms. The van der Waals surface area contributed by atoms with Gasteiger partial charge < -0.3 is 10.1 Å². The van der Waals surface area contributed by atoms with Crippen LogP contribution in [0.1, 0.15) is 27.0 Å². The molecule has 0 saturated carbocycles. The number of fused-ring (bicyclic) bond motifs is 4. The molecule has 2 N–H and O–H groups in total. The molecule has 0 fully saturated rings. The molecule has 148 valence electrons. The van der Waals surface area contributed by atoms with Gasteiger partial charge in [0.05, 0.1) is 12.2 Å². The van der Waals surface area contributed by atoms with Crippen molar-refractivity contribution in [2.24, 2.45) is 0 Å². The Morgan fingerprint density at radius 3 is 2.59 bits per heavy atom. The highest BCUT2D eigenvalue weighted by Gasteiger charge is 2.18. The molecule has 0 saturated heterocycles. The highest BCUT2D eigenvalue weighted by atomic mass is 32.2. The molecular formula is C22H22N4O2S. The number of hydrogen-bond acceptors (Lipinski definition) is 6. The van der Waals surface area contributed by atoms with Crippen LogP contribution in [-0.4, -0.2) is 29.0 Å². The number of nitrogens with one attached hydrogen (secondary N) is 2. The zero-order chi connectivity index (χ0) is 20.4.